The monoisotopic (exact) mass is 238 g/mol. The summed E-state index contributed by atoms with van der Waals surface area (Å²) in [7, 11) is 0. The van der Waals surface area contributed by atoms with Crippen LogP contribution in [0.3, 0.4) is 0 Å². The highest BCUT2D eigenvalue weighted by Crippen LogP contribution is 2.35. The number of fused-ring (bicyclic) bond motifs is 1. The van der Waals surface area contributed by atoms with Crippen molar-refractivity contribution in [2.45, 2.75) is 45.6 Å². The van der Waals surface area contributed by atoms with Gasteiger partial charge < -0.3 is 9.47 Å². The molecule has 0 amide bonds. The zero-order valence-electron chi connectivity index (χ0n) is 10.3. The molecular weight excluding hydrogens is 220 g/mol. The Kier molecular flexibility index (Phi) is 3.50. The lowest BCUT2D eigenvalue weighted by atomic mass is 9.79. The van der Waals surface area contributed by atoms with Crippen LogP contribution in [0.2, 0.25) is 0 Å². The summed E-state index contributed by atoms with van der Waals surface area (Å²) in [4.78, 5) is 24.0. The van der Waals surface area contributed by atoms with Gasteiger partial charge in [-0.1, -0.05) is 6.42 Å². The van der Waals surface area contributed by atoms with Gasteiger partial charge >= 0.3 is 5.97 Å². The van der Waals surface area contributed by atoms with E-state index in [-0.39, 0.29) is 30.0 Å². The van der Waals surface area contributed by atoms with E-state index in [2.05, 4.69) is 0 Å². The Balaban J connectivity index is 2.24. The number of allylic oxidation sites excluding steroid dienone is 1. The number of rotatable bonds is 2. The molecule has 0 N–H and O–H groups in total. The Morgan fingerprint density at radius 1 is 1.41 bits per heavy atom. The van der Waals surface area contributed by atoms with Crippen LogP contribution in [0.4, 0.5) is 0 Å². The molecule has 4 nitrogen and oxygen atoms in total. The molecule has 94 valence electrons. The number of Topliss-reactive ketones (excluding diaryl/α,β-unsaturated/α-hetero) is 1. The van der Waals surface area contributed by atoms with Crippen molar-refractivity contribution in [3.05, 3.63) is 11.3 Å². The van der Waals surface area contributed by atoms with Gasteiger partial charge in [0.05, 0.1) is 12.5 Å². The van der Waals surface area contributed by atoms with E-state index in [0.717, 1.165) is 25.7 Å². The van der Waals surface area contributed by atoms with Crippen LogP contribution >= 0.6 is 0 Å². The molecule has 0 spiro atoms. The molecule has 0 bridgehead atoms. The van der Waals surface area contributed by atoms with Crippen molar-refractivity contribution in [1.82, 2.24) is 0 Å². The standard InChI is InChI=1S/C13H18O4/c1-3-16-13(15)11-8(2)17-10-7-5-4-6-9(10)12(11)14/h9-10H,3-7H2,1-2H3/t9-,10+/m0/s1. The van der Waals surface area contributed by atoms with Gasteiger partial charge in [0.25, 0.3) is 0 Å². The lowest BCUT2D eigenvalue weighted by Gasteiger charge is -2.35. The van der Waals surface area contributed by atoms with E-state index in [0.29, 0.717) is 5.76 Å². The second-order valence-electron chi connectivity index (χ2n) is 4.56. The lowest BCUT2D eigenvalue weighted by molar-refractivity contribution is -0.143. The van der Waals surface area contributed by atoms with Gasteiger partial charge in [0.2, 0.25) is 0 Å². The van der Waals surface area contributed by atoms with Crippen LogP contribution in [0.25, 0.3) is 0 Å². The minimum atomic E-state index is -0.543. The molecule has 0 aromatic carbocycles. The van der Waals surface area contributed by atoms with Gasteiger partial charge in [0.15, 0.2) is 5.78 Å². The van der Waals surface area contributed by atoms with Gasteiger partial charge in [-0.2, -0.15) is 0 Å². The van der Waals surface area contributed by atoms with E-state index in [4.69, 9.17) is 9.47 Å². The fourth-order valence-electron chi connectivity index (χ4n) is 2.63. The summed E-state index contributed by atoms with van der Waals surface area (Å²) >= 11 is 0. The molecule has 1 aliphatic carbocycles. The van der Waals surface area contributed by atoms with Gasteiger partial charge in [-0.25, -0.2) is 4.79 Å². The SMILES string of the molecule is CCOC(=O)C1=C(C)O[C@@H]2CCCC[C@@H]2C1=O. The van der Waals surface area contributed by atoms with Gasteiger partial charge in [0, 0.05) is 0 Å². The molecule has 2 atom stereocenters. The number of hydrogen-bond donors (Lipinski definition) is 0. The molecule has 2 aliphatic rings. The van der Waals surface area contributed by atoms with E-state index in [1.165, 1.54) is 0 Å². The maximum atomic E-state index is 12.2. The first-order valence-corrected chi connectivity index (χ1v) is 6.24. The fraction of sp³-hybridized carbons (Fsp3) is 0.692. The molecule has 17 heavy (non-hydrogen) atoms. The molecule has 0 aromatic rings. The number of carbonyl (C=O) groups excluding carboxylic acids is 2. The van der Waals surface area contributed by atoms with Crippen molar-refractivity contribution in [1.29, 1.82) is 0 Å². The molecule has 2 rings (SSSR count). The Morgan fingerprint density at radius 2 is 2.12 bits per heavy atom. The zero-order valence-corrected chi connectivity index (χ0v) is 10.3. The smallest absolute Gasteiger partial charge is 0.345 e. The summed E-state index contributed by atoms with van der Waals surface area (Å²) < 4.78 is 10.6. The van der Waals surface area contributed by atoms with Gasteiger partial charge in [-0.05, 0) is 33.1 Å². The second-order valence-corrected chi connectivity index (χ2v) is 4.56. The summed E-state index contributed by atoms with van der Waals surface area (Å²) in [6.45, 7) is 3.68. The highest BCUT2D eigenvalue weighted by molar-refractivity contribution is 6.19. The molecule has 0 aromatic heterocycles. The van der Waals surface area contributed by atoms with E-state index in [1.807, 2.05) is 0 Å². The summed E-state index contributed by atoms with van der Waals surface area (Å²) in [6, 6.07) is 0. The molecule has 1 saturated carbocycles. The van der Waals surface area contributed by atoms with Gasteiger partial charge in [-0.15, -0.1) is 0 Å². The Bertz CT molecular complexity index is 370. The predicted octanol–water partition coefficient (Wildman–Crippen LogP) is 1.98. The minimum Gasteiger partial charge on any atom is -0.493 e. The summed E-state index contributed by atoms with van der Waals surface area (Å²) in [5, 5.41) is 0. The molecule has 1 fully saturated rings. The maximum absolute atomic E-state index is 12.2. The van der Waals surface area contributed by atoms with Crippen molar-refractivity contribution < 1.29 is 19.1 Å². The summed E-state index contributed by atoms with van der Waals surface area (Å²) in [6.07, 6.45) is 3.82. The Labute approximate surface area is 101 Å². The number of carbonyl (C=O) groups is 2. The van der Waals surface area contributed by atoms with Crippen molar-refractivity contribution >= 4 is 11.8 Å². The zero-order chi connectivity index (χ0) is 12.4. The lowest BCUT2D eigenvalue weighted by Crippen LogP contribution is -2.40. The summed E-state index contributed by atoms with van der Waals surface area (Å²) in [5.74, 6) is -0.348. The number of esters is 1. The van der Waals surface area contributed by atoms with Crippen LogP contribution in [0.5, 0.6) is 0 Å². The molecule has 0 radical (unpaired) electrons. The van der Waals surface area contributed by atoms with Crippen LogP contribution in [-0.2, 0) is 19.1 Å². The van der Waals surface area contributed by atoms with Crippen LogP contribution < -0.4 is 0 Å². The first-order valence-electron chi connectivity index (χ1n) is 6.24. The van der Waals surface area contributed by atoms with Crippen LogP contribution in [0.1, 0.15) is 39.5 Å². The highest BCUT2D eigenvalue weighted by Gasteiger charge is 2.41. The van der Waals surface area contributed by atoms with Crippen LogP contribution in [0.15, 0.2) is 11.3 Å². The average Bonchev–Trinajstić information content (AvgIpc) is 2.29. The van der Waals surface area contributed by atoms with E-state index < -0.39 is 5.97 Å². The molecule has 1 aliphatic heterocycles. The molecule has 4 heteroatoms. The van der Waals surface area contributed by atoms with Gasteiger partial charge in [0.1, 0.15) is 17.4 Å². The van der Waals surface area contributed by atoms with Crippen molar-refractivity contribution in [3.8, 4) is 0 Å². The average molecular weight is 238 g/mol. The van der Waals surface area contributed by atoms with Crippen molar-refractivity contribution in [2.24, 2.45) is 5.92 Å². The number of ether oxygens (including phenoxy) is 2. The third-order valence-corrected chi connectivity index (χ3v) is 3.45. The minimum absolute atomic E-state index is 0.0329. The molecular formula is C13H18O4. The highest BCUT2D eigenvalue weighted by atomic mass is 16.5. The topological polar surface area (TPSA) is 52.6 Å². The van der Waals surface area contributed by atoms with Crippen LogP contribution in [0, 0.1) is 5.92 Å². The summed E-state index contributed by atoms with van der Waals surface area (Å²) in [5.41, 5.74) is 0.120. The van der Waals surface area contributed by atoms with Crippen molar-refractivity contribution in [3.63, 3.8) is 0 Å². The number of hydrogen-bond acceptors (Lipinski definition) is 4. The first kappa shape index (κ1) is 12.1. The quantitative estimate of drug-likeness (QED) is 0.545. The predicted molar refractivity (Wildman–Crippen MR) is 61.2 cm³/mol. The van der Waals surface area contributed by atoms with E-state index in [1.54, 1.807) is 13.8 Å². The van der Waals surface area contributed by atoms with Crippen LogP contribution in [-0.4, -0.2) is 24.5 Å². The normalized spacial score (nSPS) is 28.5. The molecule has 0 unspecified atom stereocenters. The third-order valence-electron chi connectivity index (χ3n) is 3.45. The maximum Gasteiger partial charge on any atom is 0.345 e. The van der Waals surface area contributed by atoms with Gasteiger partial charge in [-0.3, -0.25) is 4.79 Å². The largest absolute Gasteiger partial charge is 0.493 e. The first-order chi connectivity index (χ1) is 8.15. The Hall–Kier alpha value is -1.32. The molecule has 0 saturated heterocycles. The van der Waals surface area contributed by atoms with Crippen molar-refractivity contribution in [2.75, 3.05) is 6.61 Å². The molecule has 1 heterocycles. The van der Waals surface area contributed by atoms with E-state index >= 15 is 0 Å². The third kappa shape index (κ3) is 2.21. The number of ketones is 1. The van der Waals surface area contributed by atoms with E-state index in [9.17, 15) is 9.59 Å². The second kappa shape index (κ2) is 4.90. The fourth-order valence-corrected chi connectivity index (χ4v) is 2.63. The Morgan fingerprint density at radius 3 is 2.82 bits per heavy atom.